The minimum absolute atomic E-state index is 0. The van der Waals surface area contributed by atoms with Crippen LogP contribution in [0, 0.1) is 12.1 Å². The third-order valence-corrected chi connectivity index (χ3v) is 8.24. The zero-order valence-electron chi connectivity index (χ0n) is 22.4. The van der Waals surface area contributed by atoms with E-state index in [1.807, 2.05) is 49.6 Å². The van der Waals surface area contributed by atoms with Crippen molar-refractivity contribution < 1.29 is 24.9 Å². The van der Waals surface area contributed by atoms with Crippen LogP contribution < -0.4 is 20.4 Å². The van der Waals surface area contributed by atoms with Crippen LogP contribution in [0.4, 0.5) is 5.69 Å². The third-order valence-electron chi connectivity index (χ3n) is 6.51. The van der Waals surface area contributed by atoms with Crippen LogP contribution in [-0.4, -0.2) is 28.9 Å². The highest BCUT2D eigenvalue weighted by Gasteiger charge is 2.33. The van der Waals surface area contributed by atoms with Gasteiger partial charge in [-0.1, -0.05) is 29.5 Å². The van der Waals surface area contributed by atoms with Crippen molar-refractivity contribution in [3.63, 3.8) is 0 Å². The van der Waals surface area contributed by atoms with E-state index in [1.54, 1.807) is 54.5 Å². The Balaban J connectivity index is 0.00000370. The van der Waals surface area contributed by atoms with Crippen LogP contribution in [0.3, 0.4) is 0 Å². The van der Waals surface area contributed by atoms with Gasteiger partial charge in [-0.05, 0) is 68.5 Å². The summed E-state index contributed by atoms with van der Waals surface area (Å²) >= 11 is 2.86. The zero-order valence-corrected chi connectivity index (χ0v) is 24.0. The van der Waals surface area contributed by atoms with Gasteiger partial charge in [-0.15, -0.1) is 11.8 Å². The van der Waals surface area contributed by atoms with E-state index >= 15 is 0 Å². The van der Waals surface area contributed by atoms with E-state index in [9.17, 15) is 14.8 Å². The number of hydrogen-bond donors (Lipinski definition) is 1. The molecule has 40 heavy (non-hydrogen) atoms. The van der Waals surface area contributed by atoms with Crippen LogP contribution in [0.5, 0.6) is 0 Å². The molecule has 0 saturated carbocycles. The number of thiazole rings is 1. The van der Waals surface area contributed by atoms with E-state index in [4.69, 9.17) is 9.15 Å². The Morgan fingerprint density at radius 3 is 2.62 bits per heavy atom. The Morgan fingerprint density at radius 2 is 1.95 bits per heavy atom. The summed E-state index contributed by atoms with van der Waals surface area (Å²) in [5.74, 6) is 0.603. The predicted molar refractivity (Wildman–Crippen MR) is 156 cm³/mol. The fraction of sp³-hybridized carbons (Fsp3) is 0.207. The Kier molecular flexibility index (Phi) is 8.92. The van der Waals surface area contributed by atoms with Crippen molar-refractivity contribution in [1.82, 2.24) is 4.57 Å². The number of quaternary nitrogens is 1. The first-order valence-corrected chi connectivity index (χ1v) is 14.4. The molecule has 9 nitrogen and oxygen atoms in total. The summed E-state index contributed by atoms with van der Waals surface area (Å²) in [5.41, 5.74) is 4.52. The SMILES string of the molecule is CCOC(=O)C1=C(C)N=c2s/c(=C\c3ccc(-c4cc([NH2+][O-])ccc4C)o3)c(=O)n2C1c1ccc(SC)cc1.O. The monoisotopic (exact) mass is 579 g/mol. The number of fused-ring (bicyclic) bond motifs is 1. The summed E-state index contributed by atoms with van der Waals surface area (Å²) in [6.45, 7) is 5.67. The fourth-order valence-corrected chi connectivity index (χ4v) is 6.01. The van der Waals surface area contributed by atoms with Gasteiger partial charge in [-0.3, -0.25) is 9.36 Å². The number of nitrogens with zero attached hydrogens (tertiary/aromatic N) is 2. The van der Waals surface area contributed by atoms with Gasteiger partial charge < -0.3 is 25.3 Å². The average molecular weight is 580 g/mol. The first kappa shape index (κ1) is 29.2. The molecule has 0 fully saturated rings. The molecule has 1 aliphatic rings. The number of allylic oxidation sites excluding steroid dienone is 1. The second kappa shape index (κ2) is 12.2. The van der Waals surface area contributed by atoms with Crippen molar-refractivity contribution in [3.8, 4) is 11.3 Å². The first-order chi connectivity index (χ1) is 18.8. The Morgan fingerprint density at radius 1 is 1.20 bits per heavy atom. The predicted octanol–water partition coefficient (Wildman–Crippen LogP) is 2.96. The minimum atomic E-state index is -0.667. The summed E-state index contributed by atoms with van der Waals surface area (Å²) in [7, 11) is 0. The van der Waals surface area contributed by atoms with E-state index in [-0.39, 0.29) is 17.6 Å². The number of carbonyl (C=O) groups excluding carboxylic acids is 1. The van der Waals surface area contributed by atoms with E-state index in [0.29, 0.717) is 37.8 Å². The molecule has 0 amide bonds. The van der Waals surface area contributed by atoms with Crippen LogP contribution in [-0.2, 0) is 9.53 Å². The van der Waals surface area contributed by atoms with Gasteiger partial charge in [0.1, 0.15) is 17.2 Å². The number of rotatable bonds is 7. The topological polar surface area (TPSA) is 145 Å². The molecule has 4 N–H and O–H groups in total. The molecule has 2 aromatic carbocycles. The van der Waals surface area contributed by atoms with Crippen molar-refractivity contribution in [1.29, 1.82) is 0 Å². The molecule has 5 rings (SSSR count). The maximum atomic E-state index is 13.8. The molecule has 1 atom stereocenters. The number of furan rings is 1. The van der Waals surface area contributed by atoms with E-state index in [2.05, 4.69) is 4.99 Å². The lowest BCUT2D eigenvalue weighted by molar-refractivity contribution is -0.497. The lowest BCUT2D eigenvalue weighted by Crippen LogP contribution is -2.70. The molecule has 0 spiro atoms. The number of ether oxygens (including phenoxy) is 1. The first-order valence-electron chi connectivity index (χ1n) is 12.3. The van der Waals surface area contributed by atoms with Gasteiger partial charge in [-0.25, -0.2) is 9.79 Å². The summed E-state index contributed by atoms with van der Waals surface area (Å²) in [4.78, 5) is 33.0. The number of thioether (sulfide) groups is 1. The van der Waals surface area contributed by atoms with Gasteiger partial charge in [0.25, 0.3) is 5.56 Å². The minimum Gasteiger partial charge on any atom is -0.630 e. The Labute approximate surface area is 238 Å². The van der Waals surface area contributed by atoms with Crippen molar-refractivity contribution in [3.05, 3.63) is 108 Å². The molecule has 0 aliphatic carbocycles. The smallest absolute Gasteiger partial charge is 0.338 e. The second-order valence-corrected chi connectivity index (χ2v) is 10.9. The fourth-order valence-electron chi connectivity index (χ4n) is 4.58. The molecule has 0 bridgehead atoms. The van der Waals surface area contributed by atoms with Gasteiger partial charge in [0.15, 0.2) is 4.80 Å². The lowest BCUT2D eigenvalue weighted by atomic mass is 9.96. The normalized spacial score (nSPS) is 14.9. The number of carbonyl (C=O) groups is 1. The van der Waals surface area contributed by atoms with Gasteiger partial charge in [0, 0.05) is 22.6 Å². The maximum absolute atomic E-state index is 13.8. The second-order valence-electron chi connectivity index (χ2n) is 8.97. The Bertz CT molecular complexity index is 1770. The number of hydrogen-bond acceptors (Lipinski definition) is 8. The van der Waals surface area contributed by atoms with Crippen molar-refractivity contribution in [2.45, 2.75) is 31.7 Å². The van der Waals surface area contributed by atoms with Crippen molar-refractivity contribution in [2.24, 2.45) is 4.99 Å². The number of benzene rings is 2. The molecule has 0 radical (unpaired) electrons. The molecule has 11 heteroatoms. The van der Waals surface area contributed by atoms with Gasteiger partial charge in [0.2, 0.25) is 0 Å². The average Bonchev–Trinajstić information content (AvgIpc) is 3.52. The highest BCUT2D eigenvalue weighted by molar-refractivity contribution is 7.98. The lowest BCUT2D eigenvalue weighted by Gasteiger charge is -2.24. The van der Waals surface area contributed by atoms with Gasteiger partial charge in [-0.2, -0.15) is 0 Å². The maximum Gasteiger partial charge on any atom is 0.338 e. The molecule has 208 valence electrons. The summed E-state index contributed by atoms with van der Waals surface area (Å²) in [6.07, 6.45) is 3.68. The van der Waals surface area contributed by atoms with Gasteiger partial charge >= 0.3 is 5.97 Å². The van der Waals surface area contributed by atoms with Crippen molar-refractivity contribution in [2.75, 3.05) is 12.9 Å². The van der Waals surface area contributed by atoms with E-state index in [0.717, 1.165) is 27.1 Å². The van der Waals surface area contributed by atoms with Crippen LogP contribution in [0.2, 0.25) is 0 Å². The highest BCUT2D eigenvalue weighted by Crippen LogP contribution is 2.32. The van der Waals surface area contributed by atoms with Crippen LogP contribution >= 0.6 is 23.1 Å². The van der Waals surface area contributed by atoms with Crippen molar-refractivity contribution >= 4 is 40.8 Å². The standard InChI is InChI=1S/C29H27N3O5S2.H2O/c1-5-36-28(34)25-17(3)30-29-32(26(25)18-7-11-21(38-4)12-8-18)27(33)24(39-29)15-20-10-13-23(37-20)22-14-19(31-35)9-6-16(22)2;/h6-15,26H,5,31H2,1-4H3;1H2/b24-15-;. The van der Waals surface area contributed by atoms with Crippen LogP contribution in [0.15, 0.2) is 85.0 Å². The number of nitrogens with two attached hydrogens (primary N) is 1. The number of aromatic nitrogens is 1. The molecular formula is C29H29N3O6S2. The van der Waals surface area contributed by atoms with Crippen LogP contribution in [0.25, 0.3) is 17.4 Å². The molecule has 1 aliphatic heterocycles. The van der Waals surface area contributed by atoms with E-state index < -0.39 is 12.0 Å². The molecule has 4 aromatic rings. The molecular weight excluding hydrogens is 550 g/mol. The van der Waals surface area contributed by atoms with E-state index in [1.165, 1.54) is 11.3 Å². The molecule has 2 aromatic heterocycles. The van der Waals surface area contributed by atoms with Gasteiger partial charge in [0.05, 0.1) is 28.5 Å². The quantitative estimate of drug-likeness (QED) is 0.154. The molecule has 1 unspecified atom stereocenters. The van der Waals surface area contributed by atoms with Crippen LogP contribution in [0.1, 0.15) is 36.8 Å². The Hall–Kier alpha value is -3.74. The zero-order chi connectivity index (χ0) is 27.7. The summed E-state index contributed by atoms with van der Waals surface area (Å²) in [5, 5.41) is 11.3. The largest absolute Gasteiger partial charge is 0.630 e. The summed E-state index contributed by atoms with van der Waals surface area (Å²) < 4.78 is 13.4. The summed E-state index contributed by atoms with van der Waals surface area (Å²) in [6, 6.07) is 16.1. The third kappa shape index (κ3) is 5.47. The highest BCUT2D eigenvalue weighted by atomic mass is 32.2. The molecule has 3 heterocycles. The number of esters is 1. The number of aryl methyl sites for hydroxylation is 1. The molecule has 0 saturated heterocycles.